The Morgan fingerprint density at radius 2 is 1.72 bits per heavy atom. The predicted molar refractivity (Wildman–Crippen MR) is 120 cm³/mol. The minimum atomic E-state index is -0.00594. The van der Waals surface area contributed by atoms with E-state index in [2.05, 4.69) is 26.9 Å². The Labute approximate surface area is 183 Å². The molecule has 0 atom stereocenters. The molecule has 1 aliphatic heterocycles. The standard InChI is InChI=1S/C22H30ClN5S/c23-18-8-6-17(7-9-18)22(12-2-3-13-22)24-16-27-21(29)28(19-10-11-19)20(25-27)26-14-4-1-5-15-26/h6-9,19,24H,1-5,10-16H2. The van der Waals surface area contributed by atoms with Crippen molar-refractivity contribution in [1.29, 1.82) is 0 Å². The molecule has 7 heteroatoms. The van der Waals surface area contributed by atoms with Gasteiger partial charge in [-0.25, -0.2) is 4.68 Å². The first-order chi connectivity index (χ1) is 14.2. The van der Waals surface area contributed by atoms with Crippen molar-refractivity contribution < 1.29 is 0 Å². The molecule has 0 radical (unpaired) electrons. The fourth-order valence-corrected chi connectivity index (χ4v) is 5.48. The van der Waals surface area contributed by atoms with Gasteiger partial charge in [-0.1, -0.05) is 36.6 Å². The van der Waals surface area contributed by atoms with Gasteiger partial charge < -0.3 is 4.90 Å². The van der Waals surface area contributed by atoms with E-state index in [0.717, 1.165) is 41.7 Å². The molecule has 5 rings (SSSR count). The molecule has 1 N–H and O–H groups in total. The van der Waals surface area contributed by atoms with E-state index >= 15 is 0 Å². The number of hydrogen-bond acceptors (Lipinski definition) is 4. The molecule has 0 spiro atoms. The summed E-state index contributed by atoms with van der Waals surface area (Å²) in [6.07, 6.45) is 11.1. The fourth-order valence-electron chi connectivity index (χ4n) is 5.01. The van der Waals surface area contributed by atoms with Gasteiger partial charge in [0.05, 0.1) is 6.67 Å². The van der Waals surface area contributed by atoms with Gasteiger partial charge in [0.15, 0.2) is 0 Å². The van der Waals surface area contributed by atoms with E-state index in [1.807, 2.05) is 16.8 Å². The van der Waals surface area contributed by atoms with E-state index in [-0.39, 0.29) is 5.54 Å². The summed E-state index contributed by atoms with van der Waals surface area (Å²) in [5.74, 6) is 1.09. The maximum atomic E-state index is 6.13. The lowest BCUT2D eigenvalue weighted by atomic mass is 9.88. The first kappa shape index (κ1) is 19.6. The van der Waals surface area contributed by atoms with Gasteiger partial charge in [-0.15, -0.1) is 5.10 Å². The summed E-state index contributed by atoms with van der Waals surface area (Å²) >= 11 is 12.0. The molecular formula is C22H30ClN5S. The quantitative estimate of drug-likeness (QED) is 0.620. The van der Waals surface area contributed by atoms with Crippen molar-refractivity contribution in [3.8, 4) is 0 Å². The monoisotopic (exact) mass is 431 g/mol. The minimum Gasteiger partial charge on any atom is -0.341 e. The molecule has 2 aliphatic carbocycles. The van der Waals surface area contributed by atoms with Crippen molar-refractivity contribution in [3.05, 3.63) is 39.6 Å². The molecule has 2 saturated carbocycles. The van der Waals surface area contributed by atoms with Crippen LogP contribution in [0, 0.1) is 4.77 Å². The van der Waals surface area contributed by atoms with Crippen LogP contribution in [-0.4, -0.2) is 27.4 Å². The van der Waals surface area contributed by atoms with Crippen molar-refractivity contribution in [2.75, 3.05) is 18.0 Å². The Bertz CT molecular complexity index is 902. The van der Waals surface area contributed by atoms with Gasteiger partial charge in [0.2, 0.25) is 10.7 Å². The lowest BCUT2D eigenvalue weighted by Crippen LogP contribution is -2.41. The maximum absolute atomic E-state index is 6.13. The SMILES string of the molecule is S=c1n(CNC2(c3ccc(Cl)cc3)CCCC2)nc(N2CCCCC2)n1C1CC1. The Hall–Kier alpha value is -1.37. The molecule has 3 aliphatic rings. The van der Waals surface area contributed by atoms with E-state index in [0.29, 0.717) is 12.7 Å². The molecular weight excluding hydrogens is 402 g/mol. The summed E-state index contributed by atoms with van der Waals surface area (Å²) in [6, 6.07) is 8.88. The zero-order chi connectivity index (χ0) is 19.8. The van der Waals surface area contributed by atoms with Crippen LogP contribution in [0.2, 0.25) is 5.02 Å². The number of nitrogens with one attached hydrogen (secondary N) is 1. The highest BCUT2D eigenvalue weighted by Crippen LogP contribution is 2.40. The molecule has 29 heavy (non-hydrogen) atoms. The molecule has 3 fully saturated rings. The average Bonchev–Trinajstić information content (AvgIpc) is 3.37. The first-order valence-electron chi connectivity index (χ1n) is 11.1. The third kappa shape index (κ3) is 3.87. The van der Waals surface area contributed by atoms with Crippen molar-refractivity contribution in [1.82, 2.24) is 19.7 Å². The van der Waals surface area contributed by atoms with Crippen LogP contribution < -0.4 is 10.2 Å². The van der Waals surface area contributed by atoms with Crippen molar-refractivity contribution in [2.24, 2.45) is 0 Å². The van der Waals surface area contributed by atoms with E-state index in [4.69, 9.17) is 28.9 Å². The van der Waals surface area contributed by atoms with Crippen LogP contribution in [0.25, 0.3) is 0 Å². The normalized spacial score (nSPS) is 21.6. The summed E-state index contributed by atoms with van der Waals surface area (Å²) in [7, 11) is 0. The highest BCUT2D eigenvalue weighted by atomic mass is 35.5. The summed E-state index contributed by atoms with van der Waals surface area (Å²) in [5.41, 5.74) is 1.32. The minimum absolute atomic E-state index is 0.00594. The predicted octanol–water partition coefficient (Wildman–Crippen LogP) is 5.41. The smallest absolute Gasteiger partial charge is 0.226 e. The molecule has 1 aromatic heterocycles. The fraction of sp³-hybridized carbons (Fsp3) is 0.636. The lowest BCUT2D eigenvalue weighted by Gasteiger charge is -2.31. The number of hydrogen-bond donors (Lipinski definition) is 1. The van der Waals surface area contributed by atoms with Crippen LogP contribution >= 0.6 is 23.8 Å². The Balaban J connectivity index is 1.41. The number of piperidine rings is 1. The third-order valence-electron chi connectivity index (χ3n) is 6.82. The van der Waals surface area contributed by atoms with Gasteiger partial charge in [-0.3, -0.25) is 9.88 Å². The van der Waals surface area contributed by atoms with Gasteiger partial charge in [0, 0.05) is 29.7 Å². The van der Waals surface area contributed by atoms with Gasteiger partial charge in [-0.05, 0) is 74.9 Å². The van der Waals surface area contributed by atoms with E-state index in [9.17, 15) is 0 Å². The van der Waals surface area contributed by atoms with Crippen LogP contribution in [0.5, 0.6) is 0 Å². The second-order valence-electron chi connectivity index (χ2n) is 8.86. The molecule has 0 amide bonds. The summed E-state index contributed by atoms with van der Waals surface area (Å²) < 4.78 is 5.21. The van der Waals surface area contributed by atoms with E-state index < -0.39 is 0 Å². The van der Waals surface area contributed by atoms with E-state index in [1.165, 1.54) is 50.5 Å². The molecule has 156 valence electrons. The van der Waals surface area contributed by atoms with Crippen LogP contribution in [0.15, 0.2) is 24.3 Å². The number of rotatable bonds is 6. The van der Waals surface area contributed by atoms with Crippen LogP contribution in [-0.2, 0) is 12.2 Å². The Morgan fingerprint density at radius 3 is 2.38 bits per heavy atom. The Kier molecular flexibility index (Phi) is 5.43. The summed E-state index contributed by atoms with van der Waals surface area (Å²) in [4.78, 5) is 2.44. The van der Waals surface area contributed by atoms with Crippen molar-refractivity contribution >= 4 is 29.8 Å². The molecule has 5 nitrogen and oxygen atoms in total. The molecule has 2 aromatic rings. The number of benzene rings is 1. The summed E-state index contributed by atoms with van der Waals surface area (Å²) in [6.45, 7) is 2.85. The average molecular weight is 432 g/mol. The largest absolute Gasteiger partial charge is 0.341 e. The highest BCUT2D eigenvalue weighted by Gasteiger charge is 2.36. The number of halogens is 1. The van der Waals surface area contributed by atoms with Crippen LogP contribution in [0.4, 0.5) is 5.95 Å². The first-order valence-corrected chi connectivity index (χ1v) is 11.9. The third-order valence-corrected chi connectivity index (χ3v) is 7.48. The van der Waals surface area contributed by atoms with Crippen LogP contribution in [0.3, 0.4) is 0 Å². The zero-order valence-corrected chi connectivity index (χ0v) is 18.5. The highest BCUT2D eigenvalue weighted by molar-refractivity contribution is 7.71. The van der Waals surface area contributed by atoms with Gasteiger partial charge >= 0.3 is 0 Å². The van der Waals surface area contributed by atoms with Gasteiger partial charge in [0.1, 0.15) is 0 Å². The Morgan fingerprint density at radius 1 is 1.03 bits per heavy atom. The van der Waals surface area contributed by atoms with Crippen LogP contribution in [0.1, 0.15) is 69.4 Å². The number of aromatic nitrogens is 3. The van der Waals surface area contributed by atoms with Crippen molar-refractivity contribution in [3.63, 3.8) is 0 Å². The molecule has 2 heterocycles. The molecule has 0 bridgehead atoms. The second-order valence-corrected chi connectivity index (χ2v) is 9.66. The second kappa shape index (κ2) is 8.05. The lowest BCUT2D eigenvalue weighted by molar-refractivity contribution is 0.297. The zero-order valence-electron chi connectivity index (χ0n) is 16.9. The number of anilines is 1. The maximum Gasteiger partial charge on any atom is 0.226 e. The number of nitrogens with zero attached hydrogens (tertiary/aromatic N) is 4. The topological polar surface area (TPSA) is 38.0 Å². The molecule has 1 aromatic carbocycles. The molecule has 0 unspecified atom stereocenters. The van der Waals surface area contributed by atoms with Gasteiger partial charge in [-0.2, -0.15) is 0 Å². The van der Waals surface area contributed by atoms with Crippen molar-refractivity contribution in [2.45, 2.75) is 76.0 Å². The van der Waals surface area contributed by atoms with Gasteiger partial charge in [0.25, 0.3) is 0 Å². The van der Waals surface area contributed by atoms with E-state index in [1.54, 1.807) is 0 Å². The summed E-state index contributed by atoms with van der Waals surface area (Å²) in [5, 5.41) is 9.65. The molecule has 1 saturated heterocycles.